The minimum absolute atomic E-state index is 0.180. The van der Waals surface area contributed by atoms with Gasteiger partial charge in [-0.05, 0) is 24.3 Å². The zero-order valence-corrected chi connectivity index (χ0v) is 15.2. The summed E-state index contributed by atoms with van der Waals surface area (Å²) in [7, 11) is 7.97. The molecule has 6 heteroatoms. The van der Waals surface area contributed by atoms with Crippen LogP contribution in [0.2, 0.25) is 0 Å². The fourth-order valence-electron chi connectivity index (χ4n) is 2.59. The first-order valence-electron chi connectivity index (χ1n) is 7.73. The number of benzene rings is 2. The molecule has 134 valence electrons. The number of para-hydroxylation sites is 1. The smallest absolute Gasteiger partial charge is 0.257 e. The molecular weight excluding hydrogens is 322 g/mol. The highest BCUT2D eigenvalue weighted by molar-refractivity contribution is 5.97. The summed E-state index contributed by atoms with van der Waals surface area (Å²) >= 11 is 0. The molecule has 0 radical (unpaired) electrons. The summed E-state index contributed by atoms with van der Waals surface area (Å²) < 4.78 is 21.2. The number of hydrogen-bond donors (Lipinski definition) is 0. The van der Waals surface area contributed by atoms with E-state index in [9.17, 15) is 4.79 Å². The molecule has 0 fully saturated rings. The van der Waals surface area contributed by atoms with Gasteiger partial charge in [0.25, 0.3) is 5.91 Å². The molecule has 0 aliphatic rings. The van der Waals surface area contributed by atoms with Crippen molar-refractivity contribution >= 4 is 5.91 Å². The van der Waals surface area contributed by atoms with Crippen molar-refractivity contribution in [2.45, 2.75) is 6.54 Å². The normalized spacial score (nSPS) is 10.1. The zero-order valence-electron chi connectivity index (χ0n) is 15.2. The van der Waals surface area contributed by atoms with E-state index in [1.807, 2.05) is 18.2 Å². The number of carbonyl (C=O) groups excluding carboxylic acids is 1. The number of methoxy groups -OCH3 is 4. The molecule has 2 rings (SSSR count). The Morgan fingerprint density at radius 2 is 1.64 bits per heavy atom. The standard InChI is InChI=1S/C19H23NO5/c1-20(12-13-7-6-8-17(24-4)18(13)25-5)19(21)15-11-14(22-2)9-10-16(15)23-3/h6-11H,12H2,1-5H3. The van der Waals surface area contributed by atoms with Crippen LogP contribution in [-0.2, 0) is 6.54 Å². The van der Waals surface area contributed by atoms with E-state index in [0.717, 1.165) is 5.56 Å². The third-order valence-corrected chi connectivity index (χ3v) is 3.88. The molecule has 0 saturated carbocycles. The van der Waals surface area contributed by atoms with Crippen molar-refractivity contribution in [2.75, 3.05) is 35.5 Å². The van der Waals surface area contributed by atoms with Crippen LogP contribution in [0.4, 0.5) is 0 Å². The van der Waals surface area contributed by atoms with E-state index in [-0.39, 0.29) is 5.91 Å². The van der Waals surface area contributed by atoms with Gasteiger partial charge < -0.3 is 23.8 Å². The summed E-state index contributed by atoms with van der Waals surface area (Å²) in [5.74, 6) is 2.15. The average Bonchev–Trinajstić information content (AvgIpc) is 2.66. The monoisotopic (exact) mass is 345 g/mol. The summed E-state index contributed by atoms with van der Waals surface area (Å²) in [5, 5.41) is 0. The Kier molecular flexibility index (Phi) is 6.11. The third-order valence-electron chi connectivity index (χ3n) is 3.88. The summed E-state index contributed by atoms with van der Waals surface area (Å²) in [6, 6.07) is 10.7. The van der Waals surface area contributed by atoms with E-state index in [0.29, 0.717) is 35.1 Å². The number of amides is 1. The molecule has 0 saturated heterocycles. The minimum atomic E-state index is -0.180. The Labute approximate surface area is 147 Å². The summed E-state index contributed by atoms with van der Waals surface area (Å²) in [5.41, 5.74) is 1.28. The van der Waals surface area contributed by atoms with Crippen molar-refractivity contribution in [3.63, 3.8) is 0 Å². The molecular formula is C19H23NO5. The van der Waals surface area contributed by atoms with Crippen molar-refractivity contribution in [1.29, 1.82) is 0 Å². The van der Waals surface area contributed by atoms with Crippen LogP contribution in [0.3, 0.4) is 0 Å². The van der Waals surface area contributed by atoms with E-state index in [2.05, 4.69) is 0 Å². The van der Waals surface area contributed by atoms with Gasteiger partial charge in [-0.2, -0.15) is 0 Å². The second kappa shape index (κ2) is 8.28. The second-order valence-electron chi connectivity index (χ2n) is 5.38. The summed E-state index contributed by atoms with van der Waals surface area (Å²) in [6.07, 6.45) is 0. The second-order valence-corrected chi connectivity index (χ2v) is 5.38. The molecule has 0 aliphatic carbocycles. The van der Waals surface area contributed by atoms with Crippen LogP contribution >= 0.6 is 0 Å². The number of ether oxygens (including phenoxy) is 4. The zero-order chi connectivity index (χ0) is 18.4. The van der Waals surface area contributed by atoms with Crippen molar-refractivity contribution in [1.82, 2.24) is 4.90 Å². The molecule has 0 heterocycles. The maximum atomic E-state index is 12.9. The van der Waals surface area contributed by atoms with Gasteiger partial charge in [0.1, 0.15) is 11.5 Å². The SMILES string of the molecule is COc1ccc(OC)c(C(=O)N(C)Cc2cccc(OC)c2OC)c1. The van der Waals surface area contributed by atoms with E-state index >= 15 is 0 Å². The highest BCUT2D eigenvalue weighted by Crippen LogP contribution is 2.32. The molecule has 0 spiro atoms. The molecule has 2 aromatic carbocycles. The van der Waals surface area contributed by atoms with Gasteiger partial charge in [-0.3, -0.25) is 4.79 Å². The Morgan fingerprint density at radius 3 is 2.24 bits per heavy atom. The lowest BCUT2D eigenvalue weighted by molar-refractivity contribution is 0.0780. The predicted octanol–water partition coefficient (Wildman–Crippen LogP) is 2.99. The van der Waals surface area contributed by atoms with Gasteiger partial charge in [-0.15, -0.1) is 0 Å². The molecule has 0 unspecified atom stereocenters. The van der Waals surface area contributed by atoms with Crippen LogP contribution in [-0.4, -0.2) is 46.3 Å². The van der Waals surface area contributed by atoms with Crippen LogP contribution < -0.4 is 18.9 Å². The molecule has 0 N–H and O–H groups in total. The Morgan fingerprint density at radius 1 is 0.920 bits per heavy atom. The first kappa shape index (κ1) is 18.4. The lowest BCUT2D eigenvalue weighted by Gasteiger charge is -2.21. The summed E-state index contributed by atoms with van der Waals surface area (Å²) in [6.45, 7) is 0.361. The molecule has 25 heavy (non-hydrogen) atoms. The number of nitrogens with zero attached hydrogens (tertiary/aromatic N) is 1. The van der Waals surface area contributed by atoms with Crippen LogP contribution in [0.15, 0.2) is 36.4 Å². The first-order chi connectivity index (χ1) is 12.0. The number of hydrogen-bond acceptors (Lipinski definition) is 5. The van der Waals surface area contributed by atoms with E-state index in [1.54, 1.807) is 51.5 Å². The molecule has 6 nitrogen and oxygen atoms in total. The maximum absolute atomic E-state index is 12.9. The first-order valence-corrected chi connectivity index (χ1v) is 7.73. The maximum Gasteiger partial charge on any atom is 0.257 e. The van der Waals surface area contributed by atoms with E-state index < -0.39 is 0 Å². The van der Waals surface area contributed by atoms with Crippen LogP contribution in [0.25, 0.3) is 0 Å². The quantitative estimate of drug-likeness (QED) is 0.772. The van der Waals surface area contributed by atoms with Gasteiger partial charge in [-0.25, -0.2) is 0 Å². The minimum Gasteiger partial charge on any atom is -0.497 e. The molecule has 1 amide bonds. The highest BCUT2D eigenvalue weighted by atomic mass is 16.5. The third kappa shape index (κ3) is 3.96. The van der Waals surface area contributed by atoms with Gasteiger partial charge in [0.05, 0.1) is 34.0 Å². The molecule has 0 bridgehead atoms. The molecule has 0 aromatic heterocycles. The largest absolute Gasteiger partial charge is 0.497 e. The topological polar surface area (TPSA) is 57.2 Å². The Hall–Kier alpha value is -2.89. The van der Waals surface area contributed by atoms with E-state index in [1.165, 1.54) is 7.11 Å². The fraction of sp³-hybridized carbons (Fsp3) is 0.316. The lowest BCUT2D eigenvalue weighted by Crippen LogP contribution is -2.27. The number of rotatable bonds is 7. The highest BCUT2D eigenvalue weighted by Gasteiger charge is 2.20. The lowest BCUT2D eigenvalue weighted by atomic mass is 10.1. The van der Waals surface area contributed by atoms with Crippen molar-refractivity contribution in [3.05, 3.63) is 47.5 Å². The fourth-order valence-corrected chi connectivity index (χ4v) is 2.59. The van der Waals surface area contributed by atoms with Gasteiger partial charge in [0.15, 0.2) is 11.5 Å². The van der Waals surface area contributed by atoms with Crippen LogP contribution in [0.1, 0.15) is 15.9 Å². The van der Waals surface area contributed by atoms with Crippen LogP contribution in [0.5, 0.6) is 23.0 Å². The number of carbonyl (C=O) groups is 1. The van der Waals surface area contributed by atoms with Gasteiger partial charge in [0.2, 0.25) is 0 Å². The average molecular weight is 345 g/mol. The van der Waals surface area contributed by atoms with Gasteiger partial charge in [0, 0.05) is 19.2 Å². The molecule has 2 aromatic rings. The van der Waals surface area contributed by atoms with Crippen LogP contribution in [0, 0.1) is 0 Å². The van der Waals surface area contributed by atoms with Gasteiger partial charge >= 0.3 is 0 Å². The van der Waals surface area contributed by atoms with Gasteiger partial charge in [-0.1, -0.05) is 12.1 Å². The van der Waals surface area contributed by atoms with Crippen molar-refractivity contribution in [3.8, 4) is 23.0 Å². The predicted molar refractivity (Wildman–Crippen MR) is 94.9 cm³/mol. The Bertz CT molecular complexity index is 745. The van der Waals surface area contributed by atoms with Crippen molar-refractivity contribution in [2.24, 2.45) is 0 Å². The van der Waals surface area contributed by atoms with Crippen molar-refractivity contribution < 1.29 is 23.7 Å². The summed E-state index contributed by atoms with van der Waals surface area (Å²) in [4.78, 5) is 14.5. The molecule has 0 atom stereocenters. The van der Waals surface area contributed by atoms with E-state index in [4.69, 9.17) is 18.9 Å². The molecule has 0 aliphatic heterocycles. The Balaban J connectivity index is 2.30.